The van der Waals surface area contributed by atoms with Gasteiger partial charge in [-0.15, -0.1) is 0 Å². The number of nitrogens with zero attached hydrogens (tertiary/aromatic N) is 1. The molecule has 0 spiro atoms. The Morgan fingerprint density at radius 3 is 2.60 bits per heavy atom. The van der Waals surface area contributed by atoms with Crippen molar-refractivity contribution in [1.82, 2.24) is 10.2 Å². The maximum absolute atomic E-state index is 11.7. The summed E-state index contributed by atoms with van der Waals surface area (Å²) < 4.78 is 0. The Kier molecular flexibility index (Phi) is 2.90. The highest BCUT2D eigenvalue weighted by molar-refractivity contribution is 5.79. The normalized spacial score (nSPS) is 26.4. The van der Waals surface area contributed by atoms with Crippen molar-refractivity contribution in [3.63, 3.8) is 0 Å². The van der Waals surface area contributed by atoms with Crippen molar-refractivity contribution in [2.24, 2.45) is 11.8 Å². The molecule has 0 aromatic carbocycles. The highest BCUT2D eigenvalue weighted by Crippen LogP contribution is 2.19. The molecule has 2 N–H and O–H groups in total. The van der Waals surface area contributed by atoms with Gasteiger partial charge in [0.25, 0.3) is 0 Å². The molecule has 0 aliphatic carbocycles. The van der Waals surface area contributed by atoms with Gasteiger partial charge in [0.15, 0.2) is 0 Å². The van der Waals surface area contributed by atoms with Gasteiger partial charge in [0.1, 0.15) is 0 Å². The summed E-state index contributed by atoms with van der Waals surface area (Å²) in [5.41, 5.74) is 0. The first-order valence-electron chi connectivity index (χ1n) is 5.38. The monoisotopic (exact) mass is 212 g/mol. The summed E-state index contributed by atoms with van der Waals surface area (Å²) in [7, 11) is 0. The van der Waals surface area contributed by atoms with Gasteiger partial charge in [0.2, 0.25) is 5.91 Å². The molecule has 0 radical (unpaired) electrons. The zero-order valence-electron chi connectivity index (χ0n) is 8.61. The topological polar surface area (TPSA) is 69.6 Å². The van der Waals surface area contributed by atoms with Gasteiger partial charge in [0.05, 0.1) is 5.92 Å². The van der Waals surface area contributed by atoms with Gasteiger partial charge >= 0.3 is 5.97 Å². The zero-order valence-corrected chi connectivity index (χ0v) is 8.61. The number of aliphatic carboxylic acids is 1. The smallest absolute Gasteiger partial charge is 0.308 e. The third-order valence-corrected chi connectivity index (χ3v) is 3.22. The number of carbonyl (C=O) groups excluding carboxylic acids is 1. The van der Waals surface area contributed by atoms with Gasteiger partial charge in [-0.3, -0.25) is 9.59 Å². The summed E-state index contributed by atoms with van der Waals surface area (Å²) in [5, 5.41) is 11.9. The number of hydrogen-bond acceptors (Lipinski definition) is 3. The predicted octanol–water partition coefficient (Wildman–Crippen LogP) is -0.471. The molecule has 2 rings (SSSR count). The molecule has 0 saturated carbocycles. The van der Waals surface area contributed by atoms with Crippen LogP contribution in [0, 0.1) is 11.8 Å². The van der Waals surface area contributed by atoms with E-state index < -0.39 is 5.97 Å². The standard InChI is InChI=1S/C10H16N2O3/c13-9(3-7-4-11-5-7)12-2-1-8(6-12)10(14)15/h7-8,11H,1-6H2,(H,14,15). The van der Waals surface area contributed by atoms with E-state index >= 15 is 0 Å². The van der Waals surface area contributed by atoms with Crippen molar-refractivity contribution < 1.29 is 14.7 Å². The van der Waals surface area contributed by atoms with E-state index in [1.807, 2.05) is 0 Å². The van der Waals surface area contributed by atoms with E-state index in [9.17, 15) is 9.59 Å². The number of nitrogens with one attached hydrogen (secondary N) is 1. The van der Waals surface area contributed by atoms with Crippen LogP contribution >= 0.6 is 0 Å². The molecule has 2 saturated heterocycles. The Hall–Kier alpha value is -1.10. The minimum Gasteiger partial charge on any atom is -0.481 e. The van der Waals surface area contributed by atoms with Crippen molar-refractivity contribution in [3.8, 4) is 0 Å². The summed E-state index contributed by atoms with van der Waals surface area (Å²) in [6, 6.07) is 0. The van der Waals surface area contributed by atoms with Crippen molar-refractivity contribution in [1.29, 1.82) is 0 Å². The highest BCUT2D eigenvalue weighted by Gasteiger charge is 2.32. The van der Waals surface area contributed by atoms with E-state index in [0.717, 1.165) is 13.1 Å². The minimum absolute atomic E-state index is 0.116. The quantitative estimate of drug-likeness (QED) is 0.663. The molecule has 2 heterocycles. The van der Waals surface area contributed by atoms with Gasteiger partial charge < -0.3 is 15.3 Å². The Balaban J connectivity index is 1.79. The molecule has 5 nitrogen and oxygen atoms in total. The number of carboxylic acids is 1. The summed E-state index contributed by atoms with van der Waals surface area (Å²) in [6.45, 7) is 2.84. The lowest BCUT2D eigenvalue weighted by Crippen LogP contribution is -2.45. The lowest BCUT2D eigenvalue weighted by molar-refractivity contribution is -0.141. The van der Waals surface area contributed by atoms with E-state index in [4.69, 9.17) is 5.11 Å². The fourth-order valence-corrected chi connectivity index (χ4v) is 2.06. The molecule has 1 unspecified atom stereocenters. The number of likely N-dealkylation sites (tertiary alicyclic amines) is 1. The highest BCUT2D eigenvalue weighted by atomic mass is 16.4. The molecule has 2 fully saturated rings. The molecule has 2 aliphatic heterocycles. The summed E-state index contributed by atoms with van der Waals surface area (Å²) >= 11 is 0. The fraction of sp³-hybridized carbons (Fsp3) is 0.800. The molecular formula is C10H16N2O3. The maximum Gasteiger partial charge on any atom is 0.308 e. The van der Waals surface area contributed by atoms with Crippen LogP contribution in [-0.4, -0.2) is 48.1 Å². The molecule has 1 amide bonds. The SMILES string of the molecule is O=C(O)C1CCN(C(=O)CC2CNC2)C1. The summed E-state index contributed by atoms with van der Waals surface area (Å²) in [4.78, 5) is 24.1. The van der Waals surface area contributed by atoms with Gasteiger partial charge in [0, 0.05) is 19.5 Å². The van der Waals surface area contributed by atoms with Crippen LogP contribution in [-0.2, 0) is 9.59 Å². The first-order valence-corrected chi connectivity index (χ1v) is 5.38. The Labute approximate surface area is 88.4 Å². The number of carbonyl (C=O) groups is 2. The van der Waals surface area contributed by atoms with Crippen LogP contribution in [0.3, 0.4) is 0 Å². The van der Waals surface area contributed by atoms with Crippen molar-refractivity contribution in [3.05, 3.63) is 0 Å². The van der Waals surface area contributed by atoms with Gasteiger partial charge in [-0.2, -0.15) is 0 Å². The molecule has 0 bridgehead atoms. The average molecular weight is 212 g/mol. The third kappa shape index (κ3) is 2.28. The van der Waals surface area contributed by atoms with Crippen molar-refractivity contribution >= 4 is 11.9 Å². The molecule has 0 aromatic rings. The lowest BCUT2D eigenvalue weighted by Gasteiger charge is -2.28. The number of carboxylic acid groups (broad SMARTS) is 1. The van der Waals surface area contributed by atoms with Gasteiger partial charge in [-0.25, -0.2) is 0 Å². The second-order valence-electron chi connectivity index (χ2n) is 4.39. The number of hydrogen-bond donors (Lipinski definition) is 2. The number of rotatable bonds is 3. The molecule has 2 aliphatic rings. The van der Waals surface area contributed by atoms with Crippen LogP contribution in [0.25, 0.3) is 0 Å². The summed E-state index contributed by atoms with van der Waals surface area (Å²) in [6.07, 6.45) is 1.17. The molecule has 15 heavy (non-hydrogen) atoms. The van der Waals surface area contributed by atoms with Crippen LogP contribution < -0.4 is 5.32 Å². The third-order valence-electron chi connectivity index (χ3n) is 3.22. The zero-order chi connectivity index (χ0) is 10.8. The van der Waals surface area contributed by atoms with Crippen LogP contribution in [0.4, 0.5) is 0 Å². The van der Waals surface area contributed by atoms with E-state index in [2.05, 4.69) is 5.32 Å². The van der Waals surface area contributed by atoms with Gasteiger partial charge in [-0.1, -0.05) is 0 Å². The Bertz CT molecular complexity index is 276. The van der Waals surface area contributed by atoms with Crippen LogP contribution in [0.15, 0.2) is 0 Å². The van der Waals surface area contributed by atoms with E-state index in [0.29, 0.717) is 31.8 Å². The van der Waals surface area contributed by atoms with Gasteiger partial charge in [-0.05, 0) is 25.4 Å². The van der Waals surface area contributed by atoms with Crippen LogP contribution in [0.2, 0.25) is 0 Å². The maximum atomic E-state index is 11.7. The van der Waals surface area contributed by atoms with Crippen LogP contribution in [0.1, 0.15) is 12.8 Å². The van der Waals surface area contributed by atoms with E-state index in [-0.39, 0.29) is 11.8 Å². The molecule has 0 aromatic heterocycles. The fourth-order valence-electron chi connectivity index (χ4n) is 2.06. The summed E-state index contributed by atoms with van der Waals surface area (Å²) in [5.74, 6) is -0.560. The molecule has 5 heteroatoms. The van der Waals surface area contributed by atoms with E-state index in [1.165, 1.54) is 0 Å². The van der Waals surface area contributed by atoms with E-state index in [1.54, 1.807) is 4.90 Å². The first kappa shape index (κ1) is 10.4. The largest absolute Gasteiger partial charge is 0.481 e. The molecule has 1 atom stereocenters. The Morgan fingerprint density at radius 1 is 1.40 bits per heavy atom. The van der Waals surface area contributed by atoms with Crippen molar-refractivity contribution in [2.75, 3.05) is 26.2 Å². The number of amides is 1. The lowest BCUT2D eigenvalue weighted by atomic mass is 9.99. The molecule has 84 valence electrons. The predicted molar refractivity (Wildman–Crippen MR) is 53.3 cm³/mol. The van der Waals surface area contributed by atoms with Crippen LogP contribution in [0.5, 0.6) is 0 Å². The minimum atomic E-state index is -0.782. The second kappa shape index (κ2) is 4.18. The average Bonchev–Trinajstić information content (AvgIpc) is 2.59. The Morgan fingerprint density at radius 2 is 2.13 bits per heavy atom. The first-order chi connectivity index (χ1) is 7.16. The van der Waals surface area contributed by atoms with Crippen molar-refractivity contribution in [2.45, 2.75) is 12.8 Å². The molecular weight excluding hydrogens is 196 g/mol. The second-order valence-corrected chi connectivity index (χ2v) is 4.39.